The van der Waals surface area contributed by atoms with Gasteiger partial charge in [0.15, 0.2) is 0 Å². The molecule has 0 spiro atoms. The van der Waals surface area contributed by atoms with Crippen LogP contribution >= 0.6 is 0 Å². The minimum atomic E-state index is -0.148. The minimum absolute atomic E-state index is 0.148. The Morgan fingerprint density at radius 3 is 2.40 bits per heavy atom. The predicted molar refractivity (Wildman–Crippen MR) is 80.7 cm³/mol. The lowest BCUT2D eigenvalue weighted by molar-refractivity contribution is 0.304. The molecule has 0 heterocycles. The zero-order chi connectivity index (χ0) is 14.4. The summed E-state index contributed by atoms with van der Waals surface area (Å²) >= 11 is 0. The SMILES string of the molecule is Cc1cccc(C)c1COc1ccccc1C#CCO. The Hall–Kier alpha value is -2.24. The van der Waals surface area contributed by atoms with Crippen molar-refractivity contribution in [3.8, 4) is 17.6 Å². The van der Waals surface area contributed by atoms with Crippen molar-refractivity contribution in [2.24, 2.45) is 0 Å². The van der Waals surface area contributed by atoms with Crippen LogP contribution in [0.4, 0.5) is 0 Å². The number of hydrogen-bond donors (Lipinski definition) is 1. The van der Waals surface area contributed by atoms with Crippen LogP contribution in [0.25, 0.3) is 0 Å². The highest BCUT2D eigenvalue weighted by Gasteiger charge is 2.05. The van der Waals surface area contributed by atoms with Gasteiger partial charge in [-0.1, -0.05) is 42.2 Å². The number of hydrogen-bond acceptors (Lipinski definition) is 2. The molecule has 20 heavy (non-hydrogen) atoms. The molecule has 0 radical (unpaired) electrons. The third-order valence-corrected chi connectivity index (χ3v) is 3.21. The van der Waals surface area contributed by atoms with Crippen molar-refractivity contribution in [3.63, 3.8) is 0 Å². The van der Waals surface area contributed by atoms with E-state index in [1.165, 1.54) is 16.7 Å². The summed E-state index contributed by atoms with van der Waals surface area (Å²) in [6.07, 6.45) is 0. The van der Waals surface area contributed by atoms with E-state index in [1.807, 2.05) is 24.3 Å². The van der Waals surface area contributed by atoms with Crippen LogP contribution in [0, 0.1) is 25.7 Å². The smallest absolute Gasteiger partial charge is 0.135 e. The van der Waals surface area contributed by atoms with Gasteiger partial charge in [-0.25, -0.2) is 0 Å². The third kappa shape index (κ3) is 3.40. The molecule has 0 saturated carbocycles. The van der Waals surface area contributed by atoms with Crippen LogP contribution in [0.15, 0.2) is 42.5 Å². The van der Waals surface area contributed by atoms with Crippen molar-refractivity contribution in [2.45, 2.75) is 20.5 Å². The average molecular weight is 266 g/mol. The Morgan fingerprint density at radius 1 is 1.00 bits per heavy atom. The zero-order valence-electron chi connectivity index (χ0n) is 11.8. The highest BCUT2D eigenvalue weighted by atomic mass is 16.5. The number of aryl methyl sites for hydroxylation is 2. The Morgan fingerprint density at radius 2 is 1.70 bits per heavy atom. The Bertz CT molecular complexity index is 628. The van der Waals surface area contributed by atoms with Gasteiger partial charge >= 0.3 is 0 Å². The van der Waals surface area contributed by atoms with Crippen LogP contribution in [0.1, 0.15) is 22.3 Å². The van der Waals surface area contributed by atoms with E-state index >= 15 is 0 Å². The summed E-state index contributed by atoms with van der Waals surface area (Å²) in [6.45, 7) is 4.55. The second-order valence-corrected chi connectivity index (χ2v) is 4.62. The van der Waals surface area contributed by atoms with E-state index in [2.05, 4.69) is 43.9 Å². The summed E-state index contributed by atoms with van der Waals surface area (Å²) in [5.74, 6) is 6.30. The molecule has 0 bridgehead atoms. The zero-order valence-corrected chi connectivity index (χ0v) is 11.8. The van der Waals surface area contributed by atoms with Gasteiger partial charge in [0.25, 0.3) is 0 Å². The van der Waals surface area contributed by atoms with Gasteiger partial charge < -0.3 is 9.84 Å². The Balaban J connectivity index is 2.19. The van der Waals surface area contributed by atoms with E-state index in [0.29, 0.717) is 6.61 Å². The highest BCUT2D eigenvalue weighted by Crippen LogP contribution is 2.20. The molecule has 2 heteroatoms. The summed E-state index contributed by atoms with van der Waals surface area (Å²) in [6, 6.07) is 13.8. The molecule has 0 saturated heterocycles. The summed E-state index contributed by atoms with van der Waals surface area (Å²) in [5.41, 5.74) is 4.46. The molecule has 0 unspecified atom stereocenters. The van der Waals surface area contributed by atoms with E-state index in [4.69, 9.17) is 9.84 Å². The lowest BCUT2D eigenvalue weighted by Gasteiger charge is -2.12. The number of para-hydroxylation sites is 1. The molecule has 1 N–H and O–H groups in total. The minimum Gasteiger partial charge on any atom is -0.488 e. The second-order valence-electron chi connectivity index (χ2n) is 4.62. The lowest BCUT2D eigenvalue weighted by atomic mass is 10.0. The van der Waals surface area contributed by atoms with E-state index in [-0.39, 0.29) is 6.61 Å². The molecule has 0 aliphatic rings. The molecule has 2 aromatic carbocycles. The largest absolute Gasteiger partial charge is 0.488 e. The van der Waals surface area contributed by atoms with Crippen molar-refractivity contribution < 1.29 is 9.84 Å². The molecule has 0 amide bonds. The molecule has 0 aromatic heterocycles. The van der Waals surface area contributed by atoms with Gasteiger partial charge in [-0.3, -0.25) is 0 Å². The molecular formula is C18H18O2. The molecule has 0 aliphatic heterocycles. The van der Waals surface area contributed by atoms with Crippen LogP contribution < -0.4 is 4.74 Å². The van der Waals surface area contributed by atoms with Gasteiger partial charge in [-0.05, 0) is 42.7 Å². The Kier molecular flexibility index (Phi) is 4.81. The van der Waals surface area contributed by atoms with Gasteiger partial charge in [-0.15, -0.1) is 0 Å². The fourth-order valence-corrected chi connectivity index (χ4v) is 2.06. The standard InChI is InChI=1S/C18H18O2/c1-14-7-5-8-15(2)17(14)13-20-18-11-4-3-9-16(18)10-6-12-19/h3-5,7-9,11,19H,12-13H2,1-2H3. The van der Waals surface area contributed by atoms with Crippen LogP contribution in [-0.4, -0.2) is 11.7 Å². The first-order chi connectivity index (χ1) is 9.72. The maximum absolute atomic E-state index is 8.78. The maximum atomic E-state index is 8.78. The first-order valence-corrected chi connectivity index (χ1v) is 6.59. The van der Waals surface area contributed by atoms with E-state index in [9.17, 15) is 0 Å². The highest BCUT2D eigenvalue weighted by molar-refractivity contribution is 5.46. The maximum Gasteiger partial charge on any atom is 0.135 e. The van der Waals surface area contributed by atoms with Crippen LogP contribution in [0.3, 0.4) is 0 Å². The first-order valence-electron chi connectivity index (χ1n) is 6.59. The average Bonchev–Trinajstić information content (AvgIpc) is 2.45. The topological polar surface area (TPSA) is 29.5 Å². The number of aliphatic hydroxyl groups excluding tert-OH is 1. The molecule has 0 atom stereocenters. The van der Waals surface area contributed by atoms with Gasteiger partial charge in [0.05, 0.1) is 5.56 Å². The number of benzene rings is 2. The third-order valence-electron chi connectivity index (χ3n) is 3.21. The second kappa shape index (κ2) is 6.79. The molecular weight excluding hydrogens is 248 g/mol. The van der Waals surface area contributed by atoms with Crippen LogP contribution in [-0.2, 0) is 6.61 Å². The molecule has 2 aromatic rings. The summed E-state index contributed by atoms with van der Waals surface area (Å²) in [7, 11) is 0. The number of ether oxygens (including phenoxy) is 1. The van der Waals surface area contributed by atoms with E-state index in [1.54, 1.807) is 0 Å². The first kappa shape index (κ1) is 14.2. The van der Waals surface area contributed by atoms with Gasteiger partial charge in [0.1, 0.15) is 19.0 Å². The molecule has 0 aliphatic carbocycles. The quantitative estimate of drug-likeness (QED) is 0.864. The van der Waals surface area contributed by atoms with Gasteiger partial charge in [0, 0.05) is 0 Å². The number of rotatable bonds is 3. The van der Waals surface area contributed by atoms with Gasteiger partial charge in [0.2, 0.25) is 0 Å². The fourth-order valence-electron chi connectivity index (χ4n) is 2.06. The van der Waals surface area contributed by atoms with E-state index < -0.39 is 0 Å². The lowest BCUT2D eigenvalue weighted by Crippen LogP contribution is -2.01. The van der Waals surface area contributed by atoms with Crippen molar-refractivity contribution in [3.05, 3.63) is 64.7 Å². The van der Waals surface area contributed by atoms with Crippen molar-refractivity contribution >= 4 is 0 Å². The van der Waals surface area contributed by atoms with Gasteiger partial charge in [-0.2, -0.15) is 0 Å². The van der Waals surface area contributed by atoms with Crippen molar-refractivity contribution in [1.29, 1.82) is 0 Å². The van der Waals surface area contributed by atoms with Crippen LogP contribution in [0.5, 0.6) is 5.75 Å². The molecule has 0 fully saturated rings. The normalized spacial score (nSPS) is 9.75. The van der Waals surface area contributed by atoms with Crippen molar-refractivity contribution in [1.82, 2.24) is 0 Å². The van der Waals surface area contributed by atoms with Crippen LogP contribution in [0.2, 0.25) is 0 Å². The summed E-state index contributed by atoms with van der Waals surface area (Å²) < 4.78 is 5.90. The van der Waals surface area contributed by atoms with Crippen molar-refractivity contribution in [2.75, 3.05) is 6.61 Å². The Labute approximate surface area is 120 Å². The summed E-state index contributed by atoms with van der Waals surface area (Å²) in [4.78, 5) is 0. The number of aliphatic hydroxyl groups is 1. The predicted octanol–water partition coefficient (Wildman–Crippen LogP) is 3.23. The monoisotopic (exact) mass is 266 g/mol. The molecule has 2 rings (SSSR count). The van der Waals surface area contributed by atoms with E-state index in [0.717, 1.165) is 11.3 Å². The molecule has 2 nitrogen and oxygen atoms in total. The molecule has 102 valence electrons. The summed E-state index contributed by atoms with van der Waals surface area (Å²) in [5, 5.41) is 8.78. The fraction of sp³-hybridized carbons (Fsp3) is 0.222.